The van der Waals surface area contributed by atoms with Crippen LogP contribution in [0, 0.1) is 6.92 Å². The van der Waals surface area contributed by atoms with Crippen LogP contribution >= 0.6 is 11.8 Å². The molecular formula is C9H13N3OS. The van der Waals surface area contributed by atoms with Gasteiger partial charge < -0.3 is 10.3 Å². The summed E-state index contributed by atoms with van der Waals surface area (Å²) >= 11 is 1.90. The maximum Gasteiger partial charge on any atom is 0.253 e. The van der Waals surface area contributed by atoms with Crippen molar-refractivity contribution in [3.8, 4) is 0 Å². The van der Waals surface area contributed by atoms with Crippen LogP contribution in [0.3, 0.4) is 0 Å². The number of H-pyrrole nitrogens is 1. The molecule has 1 saturated heterocycles. The molecule has 5 heteroatoms. The van der Waals surface area contributed by atoms with Crippen molar-refractivity contribution in [2.45, 2.75) is 13.0 Å². The molecule has 0 radical (unpaired) electrons. The molecule has 1 aliphatic rings. The number of thioether (sulfide) groups is 1. The number of hydrogen-bond donors (Lipinski definition) is 2. The number of aromatic amines is 1. The fraction of sp³-hybridized carbons (Fsp3) is 0.556. The molecule has 0 saturated carbocycles. The highest BCUT2D eigenvalue weighted by Gasteiger charge is 2.18. The second-order valence-corrected chi connectivity index (χ2v) is 4.47. The molecule has 0 spiro atoms. The van der Waals surface area contributed by atoms with Crippen molar-refractivity contribution in [3.63, 3.8) is 0 Å². The molecule has 1 aliphatic heterocycles. The Morgan fingerprint density at radius 2 is 2.50 bits per heavy atom. The third-order valence-corrected chi connectivity index (χ3v) is 3.44. The highest BCUT2D eigenvalue weighted by Crippen LogP contribution is 2.20. The minimum Gasteiger partial charge on any atom is -0.313 e. The molecule has 1 aromatic heterocycles. The van der Waals surface area contributed by atoms with Crippen LogP contribution in [-0.2, 0) is 0 Å². The van der Waals surface area contributed by atoms with Gasteiger partial charge in [0.1, 0.15) is 0 Å². The lowest BCUT2D eigenvalue weighted by molar-refractivity contribution is 0.574. The van der Waals surface area contributed by atoms with E-state index in [2.05, 4.69) is 15.3 Å². The number of nitrogens with zero attached hydrogens (tertiary/aromatic N) is 1. The van der Waals surface area contributed by atoms with Crippen molar-refractivity contribution in [3.05, 3.63) is 27.9 Å². The Balaban J connectivity index is 2.30. The van der Waals surface area contributed by atoms with Gasteiger partial charge in [0.15, 0.2) is 0 Å². The van der Waals surface area contributed by atoms with Crippen LogP contribution in [0.15, 0.2) is 11.1 Å². The first-order valence-corrected chi connectivity index (χ1v) is 5.80. The Hall–Kier alpha value is -0.810. The smallest absolute Gasteiger partial charge is 0.253 e. The normalized spacial score (nSPS) is 22.2. The van der Waals surface area contributed by atoms with Gasteiger partial charge in [0.2, 0.25) is 0 Å². The third kappa shape index (κ3) is 1.83. The van der Waals surface area contributed by atoms with Gasteiger partial charge >= 0.3 is 0 Å². The quantitative estimate of drug-likeness (QED) is 0.708. The Morgan fingerprint density at radius 1 is 1.64 bits per heavy atom. The molecular weight excluding hydrogens is 198 g/mol. The molecule has 1 atom stereocenters. The van der Waals surface area contributed by atoms with Crippen LogP contribution < -0.4 is 10.9 Å². The molecule has 2 rings (SSSR count). The molecule has 2 N–H and O–H groups in total. The molecule has 1 aromatic rings. The van der Waals surface area contributed by atoms with E-state index in [0.29, 0.717) is 0 Å². The zero-order valence-corrected chi connectivity index (χ0v) is 8.86. The summed E-state index contributed by atoms with van der Waals surface area (Å²) in [6, 6.07) is 0.232. The molecule has 76 valence electrons. The molecule has 1 unspecified atom stereocenters. The van der Waals surface area contributed by atoms with Crippen molar-refractivity contribution in [2.75, 3.05) is 18.1 Å². The second-order valence-electron chi connectivity index (χ2n) is 3.32. The zero-order chi connectivity index (χ0) is 9.97. The predicted molar refractivity (Wildman–Crippen MR) is 57.7 cm³/mol. The van der Waals surface area contributed by atoms with Gasteiger partial charge in [-0.1, -0.05) is 0 Å². The van der Waals surface area contributed by atoms with Crippen molar-refractivity contribution >= 4 is 11.8 Å². The standard InChI is InChI=1S/C9H13N3OS/c1-6-8(11-5-12-9(6)13)7-4-14-3-2-10-7/h5,7,10H,2-4H2,1H3,(H,11,12,13). The third-order valence-electron chi connectivity index (χ3n) is 2.38. The number of nitrogens with one attached hydrogen (secondary N) is 2. The van der Waals surface area contributed by atoms with E-state index in [1.165, 1.54) is 6.33 Å². The SMILES string of the molecule is Cc1c(C2CSCCN2)nc[nH]c1=O. The Labute approximate surface area is 86.5 Å². The lowest BCUT2D eigenvalue weighted by atomic mass is 10.1. The fourth-order valence-corrected chi connectivity index (χ4v) is 2.51. The zero-order valence-electron chi connectivity index (χ0n) is 8.04. The van der Waals surface area contributed by atoms with Gasteiger partial charge in [0.25, 0.3) is 5.56 Å². The molecule has 2 heterocycles. The van der Waals surface area contributed by atoms with Crippen LogP contribution in [0.25, 0.3) is 0 Å². The summed E-state index contributed by atoms with van der Waals surface area (Å²) in [6.45, 7) is 2.81. The molecule has 4 nitrogen and oxygen atoms in total. The van der Waals surface area contributed by atoms with E-state index >= 15 is 0 Å². The van der Waals surface area contributed by atoms with Gasteiger partial charge in [0, 0.05) is 23.6 Å². The van der Waals surface area contributed by atoms with E-state index in [-0.39, 0.29) is 11.6 Å². The summed E-state index contributed by atoms with van der Waals surface area (Å²) in [6.07, 6.45) is 1.48. The Morgan fingerprint density at radius 3 is 3.21 bits per heavy atom. The Kier molecular flexibility index (Phi) is 2.88. The summed E-state index contributed by atoms with van der Waals surface area (Å²) in [4.78, 5) is 18.2. The second kappa shape index (κ2) is 4.14. The van der Waals surface area contributed by atoms with Gasteiger partial charge in [-0.05, 0) is 6.92 Å². The van der Waals surface area contributed by atoms with E-state index in [0.717, 1.165) is 29.3 Å². The highest BCUT2D eigenvalue weighted by molar-refractivity contribution is 7.99. The first-order valence-electron chi connectivity index (χ1n) is 4.64. The average molecular weight is 211 g/mol. The minimum atomic E-state index is -0.0348. The molecule has 0 aromatic carbocycles. The van der Waals surface area contributed by atoms with Gasteiger partial charge in [-0.3, -0.25) is 4.79 Å². The summed E-state index contributed by atoms with van der Waals surface area (Å²) in [5.41, 5.74) is 1.58. The van der Waals surface area contributed by atoms with Crippen molar-refractivity contribution in [1.29, 1.82) is 0 Å². The largest absolute Gasteiger partial charge is 0.313 e. The molecule has 0 bridgehead atoms. The van der Waals surface area contributed by atoms with Crippen molar-refractivity contribution in [1.82, 2.24) is 15.3 Å². The van der Waals surface area contributed by atoms with Gasteiger partial charge in [-0.25, -0.2) is 4.98 Å². The summed E-state index contributed by atoms with van der Waals surface area (Å²) in [7, 11) is 0. The van der Waals surface area contributed by atoms with E-state index in [1.54, 1.807) is 0 Å². The van der Waals surface area contributed by atoms with Crippen molar-refractivity contribution in [2.24, 2.45) is 0 Å². The Bertz CT molecular complexity index is 371. The van der Waals surface area contributed by atoms with Crippen LogP contribution in [-0.4, -0.2) is 28.0 Å². The maximum absolute atomic E-state index is 11.4. The summed E-state index contributed by atoms with van der Waals surface area (Å²) in [5.74, 6) is 2.13. The van der Waals surface area contributed by atoms with Gasteiger partial charge in [-0.2, -0.15) is 11.8 Å². The molecule has 0 amide bonds. The van der Waals surface area contributed by atoms with E-state index in [9.17, 15) is 4.79 Å². The van der Waals surface area contributed by atoms with Crippen LogP contribution in [0.1, 0.15) is 17.3 Å². The first-order chi connectivity index (χ1) is 6.79. The van der Waals surface area contributed by atoms with E-state index < -0.39 is 0 Å². The molecule has 1 fully saturated rings. The number of rotatable bonds is 1. The van der Waals surface area contributed by atoms with Gasteiger partial charge in [-0.15, -0.1) is 0 Å². The predicted octanol–water partition coefficient (Wildman–Crippen LogP) is 0.456. The van der Waals surface area contributed by atoms with Crippen molar-refractivity contribution < 1.29 is 0 Å². The van der Waals surface area contributed by atoms with E-state index in [1.807, 2.05) is 18.7 Å². The highest BCUT2D eigenvalue weighted by atomic mass is 32.2. The topological polar surface area (TPSA) is 57.8 Å². The lowest BCUT2D eigenvalue weighted by Gasteiger charge is -2.23. The summed E-state index contributed by atoms with van der Waals surface area (Å²) in [5, 5.41) is 3.37. The molecule has 14 heavy (non-hydrogen) atoms. The van der Waals surface area contributed by atoms with Crippen LogP contribution in [0.5, 0.6) is 0 Å². The number of hydrogen-bond acceptors (Lipinski definition) is 4. The van der Waals surface area contributed by atoms with Crippen LogP contribution in [0.4, 0.5) is 0 Å². The van der Waals surface area contributed by atoms with E-state index in [4.69, 9.17) is 0 Å². The monoisotopic (exact) mass is 211 g/mol. The first kappa shape index (κ1) is 9.73. The number of aromatic nitrogens is 2. The molecule has 0 aliphatic carbocycles. The minimum absolute atomic E-state index is 0.0348. The summed E-state index contributed by atoms with van der Waals surface area (Å²) < 4.78 is 0. The van der Waals surface area contributed by atoms with Gasteiger partial charge in [0.05, 0.1) is 18.1 Å². The maximum atomic E-state index is 11.4. The lowest BCUT2D eigenvalue weighted by Crippen LogP contribution is -2.32. The van der Waals surface area contributed by atoms with Crippen LogP contribution in [0.2, 0.25) is 0 Å². The average Bonchev–Trinajstić information content (AvgIpc) is 2.23. The fourth-order valence-electron chi connectivity index (χ4n) is 1.57.